The second kappa shape index (κ2) is 7.56. The SMILES string of the molecule is C[C@@H](CO)Nc1nc(NCc2ccco2)cc(-c2ccncc2)n1. The van der Waals surface area contributed by atoms with Crippen molar-refractivity contribution in [2.24, 2.45) is 0 Å². The first-order valence-electron chi connectivity index (χ1n) is 7.67. The highest BCUT2D eigenvalue weighted by atomic mass is 16.3. The van der Waals surface area contributed by atoms with Gasteiger partial charge in [-0.05, 0) is 31.2 Å². The summed E-state index contributed by atoms with van der Waals surface area (Å²) < 4.78 is 5.32. The van der Waals surface area contributed by atoms with Crippen molar-refractivity contribution < 1.29 is 9.52 Å². The van der Waals surface area contributed by atoms with E-state index in [-0.39, 0.29) is 12.6 Å². The van der Waals surface area contributed by atoms with Gasteiger partial charge in [-0.15, -0.1) is 0 Å². The van der Waals surface area contributed by atoms with Gasteiger partial charge in [0.05, 0.1) is 25.1 Å². The zero-order valence-electron chi connectivity index (χ0n) is 13.3. The average molecular weight is 325 g/mol. The molecule has 1 atom stereocenters. The van der Waals surface area contributed by atoms with Crippen LogP contribution in [-0.2, 0) is 6.54 Å². The summed E-state index contributed by atoms with van der Waals surface area (Å²) in [5.41, 5.74) is 1.70. The first-order chi connectivity index (χ1) is 11.7. The van der Waals surface area contributed by atoms with Crippen LogP contribution in [-0.4, -0.2) is 32.7 Å². The maximum Gasteiger partial charge on any atom is 0.225 e. The van der Waals surface area contributed by atoms with Crippen LogP contribution < -0.4 is 10.6 Å². The number of rotatable bonds is 7. The molecule has 3 heterocycles. The van der Waals surface area contributed by atoms with Gasteiger partial charge >= 0.3 is 0 Å². The highest BCUT2D eigenvalue weighted by molar-refractivity contribution is 5.63. The quantitative estimate of drug-likeness (QED) is 0.614. The van der Waals surface area contributed by atoms with Gasteiger partial charge in [0.15, 0.2) is 0 Å². The molecule has 0 amide bonds. The lowest BCUT2D eigenvalue weighted by atomic mass is 10.2. The van der Waals surface area contributed by atoms with Crippen molar-refractivity contribution in [1.82, 2.24) is 15.0 Å². The van der Waals surface area contributed by atoms with Crippen LogP contribution in [0.25, 0.3) is 11.3 Å². The maximum absolute atomic E-state index is 9.23. The lowest BCUT2D eigenvalue weighted by Crippen LogP contribution is -2.21. The van der Waals surface area contributed by atoms with Crippen LogP contribution in [0.4, 0.5) is 11.8 Å². The Kier molecular flexibility index (Phi) is 5.02. The number of nitrogens with zero attached hydrogens (tertiary/aromatic N) is 3. The number of nitrogens with one attached hydrogen (secondary N) is 2. The molecule has 124 valence electrons. The second-order valence-corrected chi connectivity index (χ2v) is 5.36. The van der Waals surface area contributed by atoms with Crippen LogP contribution in [0.5, 0.6) is 0 Å². The largest absolute Gasteiger partial charge is 0.467 e. The highest BCUT2D eigenvalue weighted by Gasteiger charge is 2.09. The molecule has 3 N–H and O–H groups in total. The topological polar surface area (TPSA) is 96.1 Å². The fraction of sp³-hybridized carbons (Fsp3) is 0.235. The number of aliphatic hydroxyl groups excluding tert-OH is 1. The zero-order valence-corrected chi connectivity index (χ0v) is 13.3. The Morgan fingerprint density at radius 1 is 1.21 bits per heavy atom. The fourth-order valence-electron chi connectivity index (χ4n) is 2.13. The summed E-state index contributed by atoms with van der Waals surface area (Å²) in [5, 5.41) is 15.5. The van der Waals surface area contributed by atoms with E-state index in [4.69, 9.17) is 4.42 Å². The van der Waals surface area contributed by atoms with E-state index in [1.54, 1.807) is 18.7 Å². The predicted octanol–water partition coefficient (Wildman–Crippen LogP) is 2.54. The number of furan rings is 1. The van der Waals surface area contributed by atoms with Gasteiger partial charge in [0.2, 0.25) is 5.95 Å². The molecule has 0 saturated carbocycles. The minimum Gasteiger partial charge on any atom is -0.467 e. The molecule has 24 heavy (non-hydrogen) atoms. The molecule has 0 saturated heterocycles. The molecule has 0 aromatic carbocycles. The van der Waals surface area contributed by atoms with Crippen molar-refractivity contribution >= 4 is 11.8 Å². The van der Waals surface area contributed by atoms with Crippen molar-refractivity contribution in [2.45, 2.75) is 19.5 Å². The van der Waals surface area contributed by atoms with Crippen LogP contribution in [0.3, 0.4) is 0 Å². The molecule has 0 radical (unpaired) electrons. The van der Waals surface area contributed by atoms with Gasteiger partial charge in [0.1, 0.15) is 11.6 Å². The Labute approximate surface area is 139 Å². The van der Waals surface area contributed by atoms with Gasteiger partial charge in [-0.1, -0.05) is 0 Å². The number of anilines is 2. The molecule has 3 aromatic heterocycles. The molecule has 0 aliphatic rings. The van der Waals surface area contributed by atoms with E-state index >= 15 is 0 Å². The second-order valence-electron chi connectivity index (χ2n) is 5.36. The molecule has 0 unspecified atom stereocenters. The number of aromatic nitrogens is 3. The number of hydrogen-bond acceptors (Lipinski definition) is 7. The van der Waals surface area contributed by atoms with Gasteiger partial charge in [-0.25, -0.2) is 4.98 Å². The summed E-state index contributed by atoms with van der Waals surface area (Å²) in [6.45, 7) is 2.38. The molecule has 3 aromatic rings. The monoisotopic (exact) mass is 325 g/mol. The van der Waals surface area contributed by atoms with Gasteiger partial charge in [-0.2, -0.15) is 4.98 Å². The number of pyridine rings is 1. The normalized spacial score (nSPS) is 11.9. The van der Waals surface area contributed by atoms with E-state index in [9.17, 15) is 5.11 Å². The van der Waals surface area contributed by atoms with Crippen molar-refractivity contribution in [1.29, 1.82) is 0 Å². The van der Waals surface area contributed by atoms with E-state index < -0.39 is 0 Å². The van der Waals surface area contributed by atoms with Gasteiger partial charge < -0.3 is 20.2 Å². The number of aliphatic hydroxyl groups is 1. The van der Waals surface area contributed by atoms with E-state index in [2.05, 4.69) is 25.6 Å². The summed E-state index contributed by atoms with van der Waals surface area (Å²) in [6, 6.07) is 9.24. The van der Waals surface area contributed by atoms with Gasteiger partial charge in [-0.3, -0.25) is 4.98 Å². The van der Waals surface area contributed by atoms with Crippen molar-refractivity contribution in [2.75, 3.05) is 17.2 Å². The summed E-state index contributed by atoms with van der Waals surface area (Å²) >= 11 is 0. The number of hydrogen-bond donors (Lipinski definition) is 3. The van der Waals surface area contributed by atoms with Gasteiger partial charge in [0.25, 0.3) is 0 Å². The Balaban J connectivity index is 1.87. The van der Waals surface area contributed by atoms with Crippen LogP contribution in [0.15, 0.2) is 53.4 Å². The fourth-order valence-corrected chi connectivity index (χ4v) is 2.13. The molecule has 7 heteroatoms. The van der Waals surface area contributed by atoms with Gasteiger partial charge in [0, 0.05) is 30.1 Å². The smallest absolute Gasteiger partial charge is 0.225 e. The van der Waals surface area contributed by atoms with Crippen molar-refractivity contribution in [3.05, 3.63) is 54.7 Å². The third-order valence-electron chi connectivity index (χ3n) is 3.38. The lowest BCUT2D eigenvalue weighted by Gasteiger charge is -2.14. The summed E-state index contributed by atoms with van der Waals surface area (Å²) in [7, 11) is 0. The minimum absolute atomic E-state index is 0.00198. The van der Waals surface area contributed by atoms with E-state index in [1.165, 1.54) is 0 Å². The summed E-state index contributed by atoms with van der Waals surface area (Å²) in [6.07, 6.45) is 5.07. The highest BCUT2D eigenvalue weighted by Crippen LogP contribution is 2.21. The molecule has 0 fully saturated rings. The summed E-state index contributed by atoms with van der Waals surface area (Å²) in [4.78, 5) is 13.0. The molecule has 7 nitrogen and oxygen atoms in total. The maximum atomic E-state index is 9.23. The first kappa shape index (κ1) is 15.9. The van der Waals surface area contributed by atoms with Crippen LogP contribution in [0.1, 0.15) is 12.7 Å². The summed E-state index contributed by atoms with van der Waals surface area (Å²) in [5.74, 6) is 1.94. The molecule has 3 rings (SSSR count). The zero-order chi connectivity index (χ0) is 16.8. The Morgan fingerprint density at radius 2 is 2.04 bits per heavy atom. The van der Waals surface area contributed by atoms with Crippen LogP contribution in [0.2, 0.25) is 0 Å². The standard InChI is InChI=1S/C17H19N5O2/c1-12(11-23)20-17-21-15(13-4-6-18-7-5-13)9-16(22-17)19-10-14-3-2-8-24-14/h2-9,12,23H,10-11H2,1H3,(H2,19,20,21,22)/t12-/m0/s1. The molecule has 0 spiro atoms. The molecule has 0 aliphatic carbocycles. The van der Waals surface area contributed by atoms with E-state index in [0.29, 0.717) is 18.3 Å². The Morgan fingerprint density at radius 3 is 2.75 bits per heavy atom. The van der Waals surface area contributed by atoms with Crippen molar-refractivity contribution in [3.63, 3.8) is 0 Å². The first-order valence-corrected chi connectivity index (χ1v) is 7.67. The van der Waals surface area contributed by atoms with Crippen LogP contribution in [0, 0.1) is 0 Å². The minimum atomic E-state index is -0.143. The van der Waals surface area contributed by atoms with E-state index in [1.807, 2.05) is 37.3 Å². The lowest BCUT2D eigenvalue weighted by molar-refractivity contribution is 0.281. The molecule has 0 bridgehead atoms. The predicted molar refractivity (Wildman–Crippen MR) is 91.5 cm³/mol. The molecular formula is C17H19N5O2. The van der Waals surface area contributed by atoms with E-state index in [0.717, 1.165) is 17.0 Å². The Bertz CT molecular complexity index is 762. The van der Waals surface area contributed by atoms with Crippen LogP contribution >= 0.6 is 0 Å². The third kappa shape index (κ3) is 4.08. The third-order valence-corrected chi connectivity index (χ3v) is 3.38. The average Bonchev–Trinajstić information content (AvgIpc) is 3.14. The Hall–Kier alpha value is -2.93. The molecular weight excluding hydrogens is 306 g/mol. The van der Waals surface area contributed by atoms with Crippen molar-refractivity contribution in [3.8, 4) is 11.3 Å². The molecule has 0 aliphatic heterocycles.